The second-order valence-corrected chi connectivity index (χ2v) is 10.3. The lowest BCUT2D eigenvalue weighted by Gasteiger charge is -2.30. The van der Waals surface area contributed by atoms with Gasteiger partial charge in [0.1, 0.15) is 22.1 Å². The number of piperidine rings is 1. The summed E-state index contributed by atoms with van der Waals surface area (Å²) >= 11 is 6.06. The molecule has 1 N–H and O–H groups in total. The minimum absolute atomic E-state index is 0.0111. The molecule has 0 bridgehead atoms. The average Bonchev–Trinajstić information content (AvgIpc) is 3.24. The molecular weight excluding hydrogens is 495 g/mol. The number of halogens is 4. The van der Waals surface area contributed by atoms with Crippen LogP contribution in [0.4, 0.5) is 19.1 Å². The van der Waals surface area contributed by atoms with Crippen molar-refractivity contribution in [3.8, 4) is 17.1 Å². The van der Waals surface area contributed by atoms with Crippen molar-refractivity contribution in [2.45, 2.75) is 32.0 Å². The molecule has 34 heavy (non-hydrogen) atoms. The predicted molar refractivity (Wildman–Crippen MR) is 120 cm³/mol. The van der Waals surface area contributed by atoms with Gasteiger partial charge in [0.2, 0.25) is 16.0 Å². The molecule has 1 aliphatic rings. The maximum atomic E-state index is 13.7. The minimum atomic E-state index is -4.69. The van der Waals surface area contributed by atoms with Gasteiger partial charge in [-0.25, -0.2) is 32.7 Å². The highest BCUT2D eigenvalue weighted by atomic mass is 35.5. The summed E-state index contributed by atoms with van der Waals surface area (Å²) < 4.78 is 67.4. The van der Waals surface area contributed by atoms with Crippen molar-refractivity contribution < 1.29 is 21.6 Å². The Kier molecular flexibility index (Phi) is 6.53. The van der Waals surface area contributed by atoms with Crippen molar-refractivity contribution in [2.75, 3.05) is 24.7 Å². The van der Waals surface area contributed by atoms with Gasteiger partial charge in [0.25, 0.3) is 0 Å². The maximum absolute atomic E-state index is 13.7. The summed E-state index contributed by atoms with van der Waals surface area (Å²) in [5, 5.41) is 3.30. The van der Waals surface area contributed by atoms with Crippen LogP contribution in [0.25, 0.3) is 17.1 Å². The summed E-state index contributed by atoms with van der Waals surface area (Å²) in [4.78, 5) is 16.1. The van der Waals surface area contributed by atoms with E-state index in [-0.39, 0.29) is 28.5 Å². The minimum Gasteiger partial charge on any atom is -0.351 e. The lowest BCUT2D eigenvalue weighted by Crippen LogP contribution is -2.42. The third-order valence-electron chi connectivity index (χ3n) is 5.57. The normalized spacial score (nSPS) is 16.1. The fraction of sp³-hybridized carbons (Fsp3) is 0.400. The summed E-state index contributed by atoms with van der Waals surface area (Å²) in [7, 11) is -3.29. The zero-order valence-corrected chi connectivity index (χ0v) is 19.8. The molecule has 182 valence electrons. The molecule has 0 saturated carbocycles. The van der Waals surface area contributed by atoms with Crippen molar-refractivity contribution in [1.29, 1.82) is 0 Å². The Bertz CT molecular complexity index is 1310. The highest BCUT2D eigenvalue weighted by Crippen LogP contribution is 2.36. The molecule has 14 heteroatoms. The van der Waals surface area contributed by atoms with Crippen LogP contribution >= 0.6 is 11.6 Å². The molecule has 4 rings (SSSR count). The number of imidazole rings is 1. The first kappa shape index (κ1) is 24.4. The summed E-state index contributed by atoms with van der Waals surface area (Å²) in [6.45, 7) is 2.36. The molecule has 1 aliphatic heterocycles. The Balaban J connectivity index is 1.63. The van der Waals surface area contributed by atoms with Crippen molar-refractivity contribution >= 4 is 27.6 Å². The lowest BCUT2D eigenvalue weighted by atomic mass is 10.1. The number of nitrogens with zero attached hydrogens (tertiary/aromatic N) is 6. The molecule has 1 saturated heterocycles. The molecule has 0 radical (unpaired) electrons. The van der Waals surface area contributed by atoms with Gasteiger partial charge in [-0.3, -0.25) is 0 Å². The maximum Gasteiger partial charge on any atom is 0.420 e. The van der Waals surface area contributed by atoms with E-state index in [2.05, 4.69) is 25.3 Å². The highest BCUT2D eigenvalue weighted by molar-refractivity contribution is 7.88. The SMILES string of the molecule is Cc1c(-n2cnc(-c3nc(NC4CCN(S(C)(=O)=O)CC4)ncc3C(F)(F)F)c2)ccnc1Cl. The molecule has 0 aromatic carbocycles. The molecule has 0 spiro atoms. The van der Waals surface area contributed by atoms with Gasteiger partial charge in [-0.1, -0.05) is 11.6 Å². The molecule has 3 aromatic heterocycles. The Morgan fingerprint density at radius 1 is 1.18 bits per heavy atom. The monoisotopic (exact) mass is 515 g/mol. The molecule has 3 aromatic rings. The van der Waals surface area contributed by atoms with Gasteiger partial charge in [0.15, 0.2) is 0 Å². The van der Waals surface area contributed by atoms with Crippen molar-refractivity contribution in [2.24, 2.45) is 0 Å². The summed E-state index contributed by atoms with van der Waals surface area (Å²) in [6.07, 6.45) is 2.44. The molecule has 9 nitrogen and oxygen atoms in total. The number of alkyl halides is 3. The van der Waals surface area contributed by atoms with E-state index in [1.54, 1.807) is 17.6 Å². The van der Waals surface area contributed by atoms with E-state index >= 15 is 0 Å². The van der Waals surface area contributed by atoms with Gasteiger partial charge in [-0.05, 0) is 25.8 Å². The van der Waals surface area contributed by atoms with E-state index in [1.807, 2.05) is 0 Å². The second-order valence-electron chi connectivity index (χ2n) is 7.95. The number of hydrogen-bond donors (Lipinski definition) is 1. The Morgan fingerprint density at radius 3 is 2.53 bits per heavy atom. The number of anilines is 1. The van der Waals surface area contributed by atoms with E-state index in [4.69, 9.17) is 11.6 Å². The molecular formula is C20H21ClF3N7O2S. The second kappa shape index (κ2) is 9.12. The van der Waals surface area contributed by atoms with Gasteiger partial charge in [0.05, 0.1) is 18.3 Å². The fourth-order valence-electron chi connectivity index (χ4n) is 3.73. The zero-order valence-electron chi connectivity index (χ0n) is 18.2. The Morgan fingerprint density at radius 2 is 1.88 bits per heavy atom. The van der Waals surface area contributed by atoms with Crippen LogP contribution < -0.4 is 5.32 Å². The van der Waals surface area contributed by atoms with Crippen LogP contribution in [0, 0.1) is 6.92 Å². The van der Waals surface area contributed by atoms with Crippen LogP contribution in [0.1, 0.15) is 24.0 Å². The quantitative estimate of drug-likeness (QED) is 0.518. The van der Waals surface area contributed by atoms with Gasteiger partial charge in [-0.2, -0.15) is 13.2 Å². The van der Waals surface area contributed by atoms with E-state index in [0.29, 0.717) is 37.2 Å². The van der Waals surface area contributed by atoms with Gasteiger partial charge < -0.3 is 9.88 Å². The Hall–Kier alpha value is -2.77. The van der Waals surface area contributed by atoms with Crippen molar-refractivity contribution in [3.63, 3.8) is 0 Å². The number of sulfonamides is 1. The van der Waals surface area contributed by atoms with E-state index < -0.39 is 21.8 Å². The average molecular weight is 516 g/mol. The molecule has 0 unspecified atom stereocenters. The van der Waals surface area contributed by atoms with E-state index in [9.17, 15) is 21.6 Å². The zero-order chi connectivity index (χ0) is 24.7. The fourth-order valence-corrected chi connectivity index (χ4v) is 4.75. The summed E-state index contributed by atoms with van der Waals surface area (Å²) in [5.74, 6) is 0.0125. The van der Waals surface area contributed by atoms with Gasteiger partial charge in [-0.15, -0.1) is 0 Å². The standard InChI is InChI=1S/C20H21ClF3N7O2S/c1-12-16(3-6-25-18(12)21)30-10-15(27-11-30)17-14(20(22,23)24)9-26-19(29-17)28-13-4-7-31(8-5-13)34(2,32)33/h3,6,9-11,13H,4-5,7-8H2,1-2H3,(H,26,28,29). The first-order chi connectivity index (χ1) is 15.9. The molecule has 0 atom stereocenters. The Labute approximate surface area is 199 Å². The first-order valence-corrected chi connectivity index (χ1v) is 12.5. The van der Waals surface area contributed by atoms with Crippen LogP contribution in [-0.4, -0.2) is 62.6 Å². The van der Waals surface area contributed by atoms with Crippen LogP contribution in [0.15, 0.2) is 31.0 Å². The smallest absolute Gasteiger partial charge is 0.351 e. The largest absolute Gasteiger partial charge is 0.420 e. The van der Waals surface area contributed by atoms with Crippen molar-refractivity contribution in [3.05, 3.63) is 47.3 Å². The van der Waals surface area contributed by atoms with E-state index in [1.165, 1.54) is 23.0 Å². The number of aromatic nitrogens is 5. The molecule has 4 heterocycles. The summed E-state index contributed by atoms with van der Waals surface area (Å²) in [6, 6.07) is 1.49. The van der Waals surface area contributed by atoms with Crippen molar-refractivity contribution in [1.82, 2.24) is 28.8 Å². The molecule has 0 aliphatic carbocycles. The topological polar surface area (TPSA) is 106 Å². The van der Waals surface area contributed by atoms with Crippen LogP contribution in [0.3, 0.4) is 0 Å². The summed E-state index contributed by atoms with van der Waals surface area (Å²) in [5.41, 5.74) is -0.0983. The van der Waals surface area contributed by atoms with Gasteiger partial charge >= 0.3 is 6.18 Å². The number of rotatable bonds is 5. The third kappa shape index (κ3) is 5.15. The van der Waals surface area contributed by atoms with Crippen LogP contribution in [0.2, 0.25) is 5.15 Å². The highest BCUT2D eigenvalue weighted by Gasteiger charge is 2.36. The van der Waals surface area contributed by atoms with E-state index in [0.717, 1.165) is 12.5 Å². The van der Waals surface area contributed by atoms with Crippen LogP contribution in [0.5, 0.6) is 0 Å². The molecule has 1 fully saturated rings. The van der Waals surface area contributed by atoms with Gasteiger partial charge in [0, 0.05) is 43.3 Å². The number of pyridine rings is 1. The first-order valence-electron chi connectivity index (χ1n) is 10.2. The number of hydrogen-bond acceptors (Lipinski definition) is 7. The lowest BCUT2D eigenvalue weighted by molar-refractivity contribution is -0.137. The molecule has 0 amide bonds. The third-order valence-corrected chi connectivity index (χ3v) is 7.25. The predicted octanol–water partition coefficient (Wildman–Crippen LogP) is 3.54. The number of nitrogens with one attached hydrogen (secondary N) is 1. The van der Waals surface area contributed by atoms with Crippen LogP contribution in [-0.2, 0) is 16.2 Å².